The minimum atomic E-state index is -0.494. The van der Waals surface area contributed by atoms with Gasteiger partial charge < -0.3 is 14.4 Å². The van der Waals surface area contributed by atoms with Crippen LogP contribution in [0.5, 0.6) is 5.75 Å². The minimum absolute atomic E-state index is 0.0482. The molecule has 0 unspecified atom stereocenters. The van der Waals surface area contributed by atoms with Gasteiger partial charge in [-0.05, 0) is 50.6 Å². The molecule has 7 nitrogen and oxygen atoms in total. The van der Waals surface area contributed by atoms with Gasteiger partial charge in [-0.1, -0.05) is 30.3 Å². The molecule has 0 N–H and O–H groups in total. The van der Waals surface area contributed by atoms with Crippen LogP contribution in [-0.2, 0) is 4.74 Å². The third-order valence-corrected chi connectivity index (χ3v) is 4.87. The fourth-order valence-electron chi connectivity index (χ4n) is 3.31. The number of hydrogen-bond donors (Lipinski definition) is 0. The molecule has 7 heteroatoms. The molecule has 0 spiro atoms. The number of hydrogen-bond acceptors (Lipinski definition) is 5. The predicted octanol–water partition coefficient (Wildman–Crippen LogP) is 5.54. The zero-order chi connectivity index (χ0) is 22.4. The molecule has 1 fully saturated rings. The number of carbonyl (C=O) groups is 1. The lowest BCUT2D eigenvalue weighted by atomic mass is 10.1. The number of rotatable bonds is 5. The molecular weight excluding hydrogens is 396 g/mol. The number of ether oxygens (including phenoxy) is 2. The van der Waals surface area contributed by atoms with Crippen LogP contribution in [0, 0.1) is 10.1 Å². The highest BCUT2D eigenvalue weighted by atomic mass is 16.6. The molecule has 31 heavy (non-hydrogen) atoms. The van der Waals surface area contributed by atoms with E-state index in [0.29, 0.717) is 18.7 Å². The Morgan fingerprint density at radius 2 is 1.71 bits per heavy atom. The first kappa shape index (κ1) is 22.3. The number of nitro groups is 1. The van der Waals surface area contributed by atoms with Gasteiger partial charge in [0.2, 0.25) is 0 Å². The van der Waals surface area contributed by atoms with E-state index in [1.165, 1.54) is 6.07 Å². The van der Waals surface area contributed by atoms with Gasteiger partial charge in [0.15, 0.2) is 0 Å². The van der Waals surface area contributed by atoms with Crippen molar-refractivity contribution in [3.8, 4) is 5.75 Å². The number of nitro benzene ring substituents is 1. The number of likely N-dealkylation sites (tertiary alicyclic amines) is 1. The van der Waals surface area contributed by atoms with E-state index in [0.717, 1.165) is 24.2 Å². The molecular formula is C24H28N2O5. The van der Waals surface area contributed by atoms with Gasteiger partial charge in [0, 0.05) is 32.0 Å². The Morgan fingerprint density at radius 3 is 2.32 bits per heavy atom. The molecule has 0 saturated carbocycles. The number of benzene rings is 2. The van der Waals surface area contributed by atoms with E-state index in [1.54, 1.807) is 29.2 Å². The molecule has 0 bridgehead atoms. The second-order valence-corrected chi connectivity index (χ2v) is 8.50. The monoisotopic (exact) mass is 424 g/mol. The Hall–Kier alpha value is -3.35. The van der Waals surface area contributed by atoms with Crippen LogP contribution in [0.1, 0.15) is 44.7 Å². The maximum absolute atomic E-state index is 12.2. The Balaban J connectivity index is 1.53. The van der Waals surface area contributed by atoms with Crippen LogP contribution in [0.15, 0.2) is 48.5 Å². The normalized spacial score (nSPS) is 15.1. The van der Waals surface area contributed by atoms with Crippen LogP contribution in [0.3, 0.4) is 0 Å². The van der Waals surface area contributed by atoms with Gasteiger partial charge in [0.25, 0.3) is 5.69 Å². The summed E-state index contributed by atoms with van der Waals surface area (Å²) in [6, 6.07) is 14.2. The van der Waals surface area contributed by atoms with Crippen molar-refractivity contribution < 1.29 is 19.2 Å². The standard InChI is InChI=1S/C24H28N2O5/c1-24(2,3)31-23(27)25-16-14-21(15-17-25)30-20-12-9-18(10-13-20)8-11-19-6-4-5-7-22(19)26(28)29/h4-13,21H,14-17H2,1-3H3/b11-8+. The SMILES string of the molecule is CC(C)(C)OC(=O)N1CCC(Oc2ccc(/C=C/c3ccccc3[N+](=O)[O-])cc2)CC1. The quantitative estimate of drug-likeness (QED) is 0.357. The van der Waals surface area contributed by atoms with Crippen molar-refractivity contribution in [3.05, 3.63) is 69.8 Å². The zero-order valence-corrected chi connectivity index (χ0v) is 18.1. The molecule has 1 aliphatic heterocycles. The van der Waals surface area contributed by atoms with Gasteiger partial charge in [-0.2, -0.15) is 0 Å². The minimum Gasteiger partial charge on any atom is -0.490 e. The van der Waals surface area contributed by atoms with Crippen LogP contribution in [0.4, 0.5) is 10.5 Å². The summed E-state index contributed by atoms with van der Waals surface area (Å²) in [4.78, 5) is 24.6. The molecule has 0 aromatic heterocycles. The lowest BCUT2D eigenvalue weighted by molar-refractivity contribution is -0.385. The first-order valence-electron chi connectivity index (χ1n) is 10.4. The summed E-state index contributed by atoms with van der Waals surface area (Å²) in [6.07, 6.45) is 4.84. The Labute approximate surface area is 182 Å². The summed E-state index contributed by atoms with van der Waals surface area (Å²) in [5, 5.41) is 11.1. The van der Waals surface area contributed by atoms with E-state index < -0.39 is 5.60 Å². The van der Waals surface area contributed by atoms with E-state index in [-0.39, 0.29) is 22.8 Å². The van der Waals surface area contributed by atoms with E-state index in [1.807, 2.05) is 51.1 Å². The fraction of sp³-hybridized carbons (Fsp3) is 0.375. The van der Waals surface area contributed by atoms with E-state index in [2.05, 4.69) is 0 Å². The molecule has 164 valence electrons. The van der Waals surface area contributed by atoms with Gasteiger partial charge in [-0.15, -0.1) is 0 Å². The first-order chi connectivity index (χ1) is 14.7. The second-order valence-electron chi connectivity index (χ2n) is 8.50. The van der Waals surface area contributed by atoms with Gasteiger partial charge in [-0.25, -0.2) is 4.79 Å². The average molecular weight is 424 g/mol. The van der Waals surface area contributed by atoms with Crippen molar-refractivity contribution in [3.63, 3.8) is 0 Å². The molecule has 0 atom stereocenters. The maximum atomic E-state index is 12.2. The third kappa shape index (κ3) is 6.57. The molecule has 0 radical (unpaired) electrons. The van der Waals surface area contributed by atoms with E-state index >= 15 is 0 Å². The zero-order valence-electron chi connectivity index (χ0n) is 18.1. The van der Waals surface area contributed by atoms with Crippen molar-refractivity contribution in [1.82, 2.24) is 4.90 Å². The summed E-state index contributed by atoms with van der Waals surface area (Å²) in [5.41, 5.74) is 1.07. The molecule has 1 heterocycles. The number of carbonyl (C=O) groups excluding carboxylic acids is 1. The molecule has 0 aliphatic carbocycles. The predicted molar refractivity (Wildman–Crippen MR) is 120 cm³/mol. The van der Waals surface area contributed by atoms with Crippen molar-refractivity contribution in [2.24, 2.45) is 0 Å². The molecule has 1 amide bonds. The highest BCUT2D eigenvalue weighted by Crippen LogP contribution is 2.23. The lowest BCUT2D eigenvalue weighted by Gasteiger charge is -2.33. The Morgan fingerprint density at radius 1 is 1.06 bits per heavy atom. The highest BCUT2D eigenvalue weighted by Gasteiger charge is 2.27. The van der Waals surface area contributed by atoms with Crippen LogP contribution in [0.2, 0.25) is 0 Å². The topological polar surface area (TPSA) is 81.9 Å². The molecule has 1 aliphatic rings. The Kier molecular flexibility index (Phi) is 6.95. The van der Waals surface area contributed by atoms with Crippen molar-refractivity contribution in [1.29, 1.82) is 0 Å². The largest absolute Gasteiger partial charge is 0.490 e. The van der Waals surface area contributed by atoms with Crippen molar-refractivity contribution in [2.75, 3.05) is 13.1 Å². The number of nitrogens with zero attached hydrogens (tertiary/aromatic N) is 2. The van der Waals surface area contributed by atoms with Crippen LogP contribution in [-0.4, -0.2) is 40.7 Å². The van der Waals surface area contributed by atoms with Gasteiger partial charge >= 0.3 is 6.09 Å². The van der Waals surface area contributed by atoms with Crippen molar-refractivity contribution >= 4 is 23.9 Å². The molecule has 3 rings (SSSR count). The third-order valence-electron chi connectivity index (χ3n) is 4.87. The summed E-state index contributed by atoms with van der Waals surface area (Å²) in [5.74, 6) is 0.763. The number of para-hydroxylation sites is 1. The van der Waals surface area contributed by atoms with E-state index in [9.17, 15) is 14.9 Å². The summed E-state index contributed by atoms with van der Waals surface area (Å²) in [6.45, 7) is 6.80. The Bertz CT molecular complexity index is 939. The van der Waals surface area contributed by atoms with Gasteiger partial charge in [0.05, 0.1) is 10.5 Å². The number of amides is 1. The molecule has 1 saturated heterocycles. The lowest BCUT2D eigenvalue weighted by Crippen LogP contribution is -2.44. The molecule has 2 aromatic carbocycles. The van der Waals surface area contributed by atoms with Crippen molar-refractivity contribution in [2.45, 2.75) is 45.3 Å². The smallest absolute Gasteiger partial charge is 0.410 e. The number of piperidine rings is 1. The van der Waals surface area contributed by atoms with Crippen LogP contribution in [0.25, 0.3) is 12.2 Å². The molecule has 2 aromatic rings. The second kappa shape index (κ2) is 9.64. The van der Waals surface area contributed by atoms with Gasteiger partial charge in [0.1, 0.15) is 17.5 Å². The van der Waals surface area contributed by atoms with Crippen LogP contribution >= 0.6 is 0 Å². The first-order valence-corrected chi connectivity index (χ1v) is 10.4. The van der Waals surface area contributed by atoms with Crippen LogP contribution < -0.4 is 4.74 Å². The van der Waals surface area contributed by atoms with E-state index in [4.69, 9.17) is 9.47 Å². The average Bonchev–Trinajstić information content (AvgIpc) is 2.72. The fourth-order valence-corrected chi connectivity index (χ4v) is 3.31. The van der Waals surface area contributed by atoms with Gasteiger partial charge in [-0.3, -0.25) is 10.1 Å². The summed E-state index contributed by atoms with van der Waals surface area (Å²) in [7, 11) is 0. The summed E-state index contributed by atoms with van der Waals surface area (Å²) >= 11 is 0. The summed E-state index contributed by atoms with van der Waals surface area (Å²) < 4.78 is 11.5. The maximum Gasteiger partial charge on any atom is 0.410 e. The highest BCUT2D eigenvalue weighted by molar-refractivity contribution is 5.74.